The third kappa shape index (κ3) is 5.75. The molecule has 1 amide bonds. The van der Waals surface area contributed by atoms with Crippen LogP contribution < -0.4 is 15.4 Å². The van der Waals surface area contributed by atoms with Gasteiger partial charge in [0.25, 0.3) is 5.91 Å². The lowest BCUT2D eigenvalue weighted by atomic mass is 10.2. The number of thiazole rings is 1. The molecule has 10 heteroatoms. The molecule has 0 bridgehead atoms. The average molecular weight is 537 g/mol. The van der Waals surface area contributed by atoms with Gasteiger partial charge in [0.15, 0.2) is 11.2 Å². The van der Waals surface area contributed by atoms with E-state index in [-0.39, 0.29) is 5.11 Å². The summed E-state index contributed by atoms with van der Waals surface area (Å²) in [6.07, 6.45) is -0.839. The average Bonchev–Trinajstić information content (AvgIpc) is 3.19. The summed E-state index contributed by atoms with van der Waals surface area (Å²) in [5, 5.41) is 7.80. The number of carbonyl (C=O) groups excluding carboxylic acids is 1. The van der Waals surface area contributed by atoms with E-state index in [1.165, 1.54) is 6.07 Å². The monoisotopic (exact) mass is 535 g/mol. The van der Waals surface area contributed by atoms with Crippen LogP contribution in [-0.2, 0) is 4.79 Å². The molecule has 4 rings (SSSR count). The van der Waals surface area contributed by atoms with Crippen LogP contribution in [0.3, 0.4) is 0 Å². The molecular formula is C23H16Cl3N3O2S2. The predicted octanol–water partition coefficient (Wildman–Crippen LogP) is 7.20. The molecule has 33 heavy (non-hydrogen) atoms. The number of nitrogens with one attached hydrogen (secondary N) is 2. The zero-order chi connectivity index (χ0) is 23.5. The number of benzene rings is 3. The van der Waals surface area contributed by atoms with Crippen LogP contribution in [0.5, 0.6) is 5.75 Å². The summed E-state index contributed by atoms with van der Waals surface area (Å²) in [6.45, 7) is 1.59. The number of carbonyl (C=O) groups is 1. The highest BCUT2D eigenvalue weighted by molar-refractivity contribution is 7.80. The molecule has 5 nitrogen and oxygen atoms in total. The summed E-state index contributed by atoms with van der Waals surface area (Å²) in [5.74, 6) is -0.0875. The van der Waals surface area contributed by atoms with E-state index in [2.05, 4.69) is 15.6 Å². The van der Waals surface area contributed by atoms with Crippen molar-refractivity contribution >= 4 is 85.3 Å². The number of halogens is 3. The number of fused-ring (bicyclic) bond motifs is 1. The maximum Gasteiger partial charge on any atom is 0.266 e. The zero-order valence-corrected chi connectivity index (χ0v) is 21.0. The second-order valence-corrected chi connectivity index (χ2v) is 9.65. The van der Waals surface area contributed by atoms with E-state index >= 15 is 0 Å². The van der Waals surface area contributed by atoms with E-state index in [1.54, 1.807) is 36.5 Å². The Morgan fingerprint density at radius 1 is 1.06 bits per heavy atom. The normalized spacial score (nSPS) is 11.8. The number of hydrogen-bond donors (Lipinski definition) is 2. The van der Waals surface area contributed by atoms with Crippen molar-refractivity contribution in [1.82, 2.24) is 10.3 Å². The highest BCUT2D eigenvalue weighted by Gasteiger charge is 2.18. The smallest absolute Gasteiger partial charge is 0.266 e. The fourth-order valence-electron chi connectivity index (χ4n) is 2.94. The summed E-state index contributed by atoms with van der Waals surface area (Å²) in [6, 6.07) is 18.1. The number of nitrogens with zero attached hydrogens (tertiary/aromatic N) is 1. The molecule has 1 aromatic heterocycles. The lowest BCUT2D eigenvalue weighted by Crippen LogP contribution is -2.42. The highest BCUT2D eigenvalue weighted by atomic mass is 35.5. The molecular weight excluding hydrogens is 521 g/mol. The fraction of sp³-hybridized carbons (Fsp3) is 0.0870. The first-order chi connectivity index (χ1) is 15.8. The third-order valence-corrected chi connectivity index (χ3v) is 6.67. The van der Waals surface area contributed by atoms with Gasteiger partial charge in [-0.25, -0.2) is 4.98 Å². The zero-order valence-electron chi connectivity index (χ0n) is 17.1. The second kappa shape index (κ2) is 10.2. The van der Waals surface area contributed by atoms with Gasteiger partial charge in [0.2, 0.25) is 0 Å². The van der Waals surface area contributed by atoms with Crippen molar-refractivity contribution in [2.75, 3.05) is 5.32 Å². The first-order valence-electron chi connectivity index (χ1n) is 9.69. The maximum absolute atomic E-state index is 12.5. The van der Waals surface area contributed by atoms with E-state index in [1.807, 2.05) is 36.4 Å². The Balaban J connectivity index is 1.38. The van der Waals surface area contributed by atoms with Crippen LogP contribution in [0.4, 0.5) is 5.69 Å². The summed E-state index contributed by atoms with van der Waals surface area (Å²) in [7, 11) is 0. The van der Waals surface area contributed by atoms with E-state index in [4.69, 9.17) is 51.8 Å². The van der Waals surface area contributed by atoms with E-state index < -0.39 is 12.0 Å². The van der Waals surface area contributed by atoms with Crippen LogP contribution in [0.2, 0.25) is 15.1 Å². The number of aromatic nitrogens is 1. The van der Waals surface area contributed by atoms with Crippen LogP contribution in [0.1, 0.15) is 6.92 Å². The summed E-state index contributed by atoms with van der Waals surface area (Å²) in [5.41, 5.74) is 2.38. The van der Waals surface area contributed by atoms with Crippen molar-refractivity contribution in [1.29, 1.82) is 0 Å². The minimum atomic E-state index is -0.839. The van der Waals surface area contributed by atoms with Gasteiger partial charge in [-0.3, -0.25) is 10.1 Å². The van der Waals surface area contributed by atoms with Gasteiger partial charge in [0, 0.05) is 16.3 Å². The van der Waals surface area contributed by atoms with Crippen LogP contribution in [0, 0.1) is 0 Å². The number of thiocarbonyl (C=S) groups is 1. The van der Waals surface area contributed by atoms with Gasteiger partial charge in [-0.2, -0.15) is 0 Å². The first-order valence-corrected chi connectivity index (χ1v) is 12.0. The molecule has 0 radical (unpaired) electrons. The number of anilines is 1. The maximum atomic E-state index is 12.5. The van der Waals surface area contributed by atoms with E-state index in [9.17, 15) is 4.79 Å². The van der Waals surface area contributed by atoms with Gasteiger partial charge in [-0.1, -0.05) is 46.9 Å². The number of rotatable bonds is 5. The van der Waals surface area contributed by atoms with E-state index in [0.29, 0.717) is 26.5 Å². The van der Waals surface area contributed by atoms with Gasteiger partial charge < -0.3 is 10.1 Å². The Bertz CT molecular complexity index is 1330. The Morgan fingerprint density at radius 2 is 1.85 bits per heavy atom. The minimum absolute atomic E-state index is 0.112. The van der Waals surface area contributed by atoms with Gasteiger partial charge >= 0.3 is 0 Å². The molecule has 168 valence electrons. The molecule has 0 saturated heterocycles. The predicted molar refractivity (Wildman–Crippen MR) is 141 cm³/mol. The number of hydrogen-bond acceptors (Lipinski definition) is 5. The van der Waals surface area contributed by atoms with Crippen molar-refractivity contribution in [3.8, 4) is 16.3 Å². The van der Waals surface area contributed by atoms with Crippen molar-refractivity contribution in [2.45, 2.75) is 13.0 Å². The molecule has 2 N–H and O–H groups in total. The molecule has 4 aromatic rings. The standard InChI is InChI=1S/C23H16Cl3N3O2S2/c1-12(31-19-9-6-13(24)10-17(19)26)21(30)29-23(32)27-14-7-8-15(16(25)11-14)22-28-18-4-2-3-5-20(18)33-22/h2-12H,1H3,(H2,27,29,30,32). The fourth-order valence-corrected chi connectivity index (χ4v) is 4.95. The number of ether oxygens (including phenoxy) is 1. The lowest BCUT2D eigenvalue weighted by Gasteiger charge is -2.17. The van der Waals surface area contributed by atoms with Crippen molar-refractivity contribution in [3.63, 3.8) is 0 Å². The molecule has 0 aliphatic carbocycles. The van der Waals surface area contributed by atoms with Crippen LogP contribution in [-0.4, -0.2) is 22.1 Å². The Labute approximate surface area is 214 Å². The molecule has 0 saturated carbocycles. The van der Waals surface area contributed by atoms with Crippen molar-refractivity contribution < 1.29 is 9.53 Å². The van der Waals surface area contributed by atoms with Crippen LogP contribution in [0.25, 0.3) is 20.8 Å². The Kier molecular flexibility index (Phi) is 7.36. The number of para-hydroxylation sites is 1. The van der Waals surface area contributed by atoms with E-state index in [0.717, 1.165) is 20.8 Å². The molecule has 0 spiro atoms. The lowest BCUT2D eigenvalue weighted by molar-refractivity contribution is -0.125. The van der Waals surface area contributed by atoms with Gasteiger partial charge in [0.1, 0.15) is 10.8 Å². The molecule has 1 unspecified atom stereocenters. The molecule has 1 atom stereocenters. The van der Waals surface area contributed by atoms with Crippen LogP contribution >= 0.6 is 58.4 Å². The molecule has 1 heterocycles. The number of amides is 1. The van der Waals surface area contributed by atoms with Gasteiger partial charge in [0.05, 0.1) is 20.3 Å². The Hall–Kier alpha value is -2.42. The summed E-state index contributed by atoms with van der Waals surface area (Å²) >= 11 is 25.3. The molecule has 3 aromatic carbocycles. The first kappa shape index (κ1) is 23.7. The molecule has 0 aliphatic heterocycles. The van der Waals surface area contributed by atoms with Crippen molar-refractivity contribution in [3.05, 3.63) is 75.7 Å². The third-order valence-electron chi connectivity index (χ3n) is 4.55. The molecule has 0 aliphatic rings. The molecule has 0 fully saturated rings. The SMILES string of the molecule is CC(Oc1ccc(Cl)cc1Cl)C(=O)NC(=S)Nc1ccc(-c2nc3ccccc3s2)c(Cl)c1. The minimum Gasteiger partial charge on any atom is -0.479 e. The quantitative estimate of drug-likeness (QED) is 0.264. The van der Waals surface area contributed by atoms with Gasteiger partial charge in [-0.15, -0.1) is 11.3 Å². The summed E-state index contributed by atoms with van der Waals surface area (Å²) < 4.78 is 6.69. The second-order valence-electron chi connectivity index (χ2n) is 6.96. The van der Waals surface area contributed by atoms with Crippen LogP contribution in [0.15, 0.2) is 60.7 Å². The largest absolute Gasteiger partial charge is 0.479 e. The van der Waals surface area contributed by atoms with Gasteiger partial charge in [-0.05, 0) is 67.7 Å². The topological polar surface area (TPSA) is 63.2 Å². The summed E-state index contributed by atoms with van der Waals surface area (Å²) in [4.78, 5) is 17.1. The highest BCUT2D eigenvalue weighted by Crippen LogP contribution is 2.35. The Morgan fingerprint density at radius 3 is 2.58 bits per heavy atom. The van der Waals surface area contributed by atoms with Crippen molar-refractivity contribution in [2.24, 2.45) is 0 Å².